The summed E-state index contributed by atoms with van der Waals surface area (Å²) in [4.78, 5) is 10.4. The van der Waals surface area contributed by atoms with E-state index in [1.807, 2.05) is 24.3 Å². The summed E-state index contributed by atoms with van der Waals surface area (Å²) in [6.07, 6.45) is 0.137. The molecule has 0 aliphatic heterocycles. The monoisotopic (exact) mass is 342 g/mol. The van der Waals surface area contributed by atoms with E-state index in [0.717, 1.165) is 10.0 Å². The number of carbonyl (C=O) groups is 1. The molecule has 1 heterocycles. The predicted molar refractivity (Wildman–Crippen MR) is 75.8 cm³/mol. The number of nitrogens with zero attached hydrogens (tertiary/aromatic N) is 2. The summed E-state index contributed by atoms with van der Waals surface area (Å²) in [6.45, 7) is 0. The highest BCUT2D eigenvalue weighted by atomic mass is 79.9. The minimum atomic E-state index is -0.798. The van der Waals surface area contributed by atoms with Gasteiger partial charge in [0.1, 0.15) is 0 Å². The van der Waals surface area contributed by atoms with Crippen LogP contribution in [-0.4, -0.2) is 27.0 Å². The van der Waals surface area contributed by atoms with E-state index in [2.05, 4.69) is 26.1 Å². The molecule has 1 aromatic heterocycles. The number of benzene rings is 1. The third kappa shape index (κ3) is 4.36. The number of carboxylic acid groups (broad SMARTS) is 1. The van der Waals surface area contributed by atoms with Crippen LogP contribution in [0.5, 0.6) is 0 Å². The summed E-state index contributed by atoms with van der Waals surface area (Å²) in [6, 6.07) is 7.58. The van der Waals surface area contributed by atoms with Gasteiger partial charge in [-0.25, -0.2) is 0 Å². The van der Waals surface area contributed by atoms with Crippen LogP contribution < -0.4 is 0 Å². The number of hydrogen-bond acceptors (Lipinski definition) is 5. The largest absolute Gasteiger partial charge is 0.481 e. The van der Waals surface area contributed by atoms with Crippen LogP contribution in [0.3, 0.4) is 0 Å². The zero-order chi connectivity index (χ0) is 13.7. The Bertz CT molecular complexity index is 556. The lowest BCUT2D eigenvalue weighted by Crippen LogP contribution is -1.96. The van der Waals surface area contributed by atoms with Crippen molar-refractivity contribution < 1.29 is 14.3 Å². The van der Waals surface area contributed by atoms with Gasteiger partial charge in [-0.2, -0.15) is 11.8 Å². The van der Waals surface area contributed by atoms with Gasteiger partial charge in [-0.3, -0.25) is 4.79 Å². The first-order chi connectivity index (χ1) is 9.15. The van der Waals surface area contributed by atoms with Gasteiger partial charge in [0.15, 0.2) is 0 Å². The van der Waals surface area contributed by atoms with E-state index >= 15 is 0 Å². The normalized spacial score (nSPS) is 10.6. The first-order valence-corrected chi connectivity index (χ1v) is 7.48. The predicted octanol–water partition coefficient (Wildman–Crippen LogP) is 3.21. The Hall–Kier alpha value is -1.34. The molecular formula is C12H11BrN2O3S. The number of aromatic nitrogens is 2. The van der Waals surface area contributed by atoms with Gasteiger partial charge in [-0.15, -0.1) is 10.2 Å². The second-order valence-corrected chi connectivity index (χ2v) is 5.73. The van der Waals surface area contributed by atoms with E-state index in [4.69, 9.17) is 9.52 Å². The molecule has 7 heteroatoms. The van der Waals surface area contributed by atoms with Crippen LogP contribution in [-0.2, 0) is 10.5 Å². The van der Waals surface area contributed by atoms with E-state index in [-0.39, 0.29) is 6.42 Å². The zero-order valence-corrected chi connectivity index (χ0v) is 12.3. The van der Waals surface area contributed by atoms with Crippen molar-refractivity contribution in [3.05, 3.63) is 34.6 Å². The van der Waals surface area contributed by atoms with Crippen molar-refractivity contribution in [3.63, 3.8) is 0 Å². The van der Waals surface area contributed by atoms with Gasteiger partial charge in [0.25, 0.3) is 0 Å². The molecule has 0 amide bonds. The molecule has 0 fully saturated rings. The summed E-state index contributed by atoms with van der Waals surface area (Å²) < 4.78 is 6.50. The maximum absolute atomic E-state index is 10.4. The van der Waals surface area contributed by atoms with Gasteiger partial charge in [0.2, 0.25) is 11.8 Å². The molecule has 0 unspecified atom stereocenters. The Morgan fingerprint density at radius 2 is 2.05 bits per heavy atom. The topological polar surface area (TPSA) is 76.2 Å². The summed E-state index contributed by atoms with van der Waals surface area (Å²) in [5.74, 6) is 1.24. The molecule has 1 N–H and O–H groups in total. The van der Waals surface area contributed by atoms with E-state index in [1.54, 1.807) is 0 Å². The van der Waals surface area contributed by atoms with Gasteiger partial charge in [0, 0.05) is 15.8 Å². The minimum Gasteiger partial charge on any atom is -0.481 e. The Labute approximate surface area is 122 Å². The Kier molecular flexibility index (Phi) is 4.98. The first kappa shape index (κ1) is 14.1. The molecule has 5 nitrogen and oxygen atoms in total. The molecule has 0 radical (unpaired) electrons. The van der Waals surface area contributed by atoms with Crippen LogP contribution in [0.4, 0.5) is 0 Å². The number of thioether (sulfide) groups is 1. The third-order valence-electron chi connectivity index (χ3n) is 2.24. The number of hydrogen-bond donors (Lipinski definition) is 1. The molecule has 0 spiro atoms. The SMILES string of the molecule is O=C(O)CCSCc1nnc(-c2ccc(Br)cc2)o1. The molecule has 0 aliphatic rings. The van der Waals surface area contributed by atoms with Crippen molar-refractivity contribution in [1.82, 2.24) is 10.2 Å². The molecule has 1 aromatic carbocycles. The smallest absolute Gasteiger partial charge is 0.304 e. The number of rotatable bonds is 6. The maximum atomic E-state index is 10.4. The summed E-state index contributed by atoms with van der Waals surface area (Å²) in [5.41, 5.74) is 0.859. The fraction of sp³-hybridized carbons (Fsp3) is 0.250. The van der Waals surface area contributed by atoms with Crippen molar-refractivity contribution in [1.29, 1.82) is 0 Å². The number of halogens is 1. The van der Waals surface area contributed by atoms with Gasteiger partial charge in [0.05, 0.1) is 12.2 Å². The number of carboxylic acids is 1. The van der Waals surface area contributed by atoms with Crippen molar-refractivity contribution in [2.24, 2.45) is 0 Å². The van der Waals surface area contributed by atoms with Gasteiger partial charge in [-0.1, -0.05) is 15.9 Å². The molecule has 19 heavy (non-hydrogen) atoms. The molecule has 2 rings (SSSR count). The van der Waals surface area contributed by atoms with Crippen LogP contribution in [0, 0.1) is 0 Å². The van der Waals surface area contributed by atoms with Gasteiger partial charge >= 0.3 is 5.97 Å². The molecule has 100 valence electrons. The molecule has 0 atom stereocenters. The van der Waals surface area contributed by atoms with Crippen molar-refractivity contribution >= 4 is 33.7 Å². The average molecular weight is 343 g/mol. The van der Waals surface area contributed by atoms with Crippen molar-refractivity contribution in [3.8, 4) is 11.5 Å². The van der Waals surface area contributed by atoms with Crippen LogP contribution in [0.15, 0.2) is 33.2 Å². The Balaban J connectivity index is 1.91. The van der Waals surface area contributed by atoms with Crippen molar-refractivity contribution in [2.45, 2.75) is 12.2 Å². The highest BCUT2D eigenvalue weighted by Crippen LogP contribution is 2.22. The molecular weight excluding hydrogens is 332 g/mol. The lowest BCUT2D eigenvalue weighted by atomic mass is 10.2. The lowest BCUT2D eigenvalue weighted by molar-refractivity contribution is -0.136. The Morgan fingerprint density at radius 3 is 2.74 bits per heavy atom. The van der Waals surface area contributed by atoms with Crippen LogP contribution >= 0.6 is 27.7 Å². The van der Waals surface area contributed by atoms with E-state index in [0.29, 0.717) is 23.3 Å². The summed E-state index contributed by atoms with van der Waals surface area (Å²) >= 11 is 4.82. The van der Waals surface area contributed by atoms with E-state index in [9.17, 15) is 4.79 Å². The summed E-state index contributed by atoms with van der Waals surface area (Å²) in [5, 5.41) is 16.4. The highest BCUT2D eigenvalue weighted by Gasteiger charge is 2.08. The second kappa shape index (κ2) is 6.72. The van der Waals surface area contributed by atoms with Crippen LogP contribution in [0.1, 0.15) is 12.3 Å². The highest BCUT2D eigenvalue weighted by molar-refractivity contribution is 9.10. The molecule has 0 bridgehead atoms. The van der Waals surface area contributed by atoms with Crippen LogP contribution in [0.2, 0.25) is 0 Å². The third-order valence-corrected chi connectivity index (χ3v) is 3.72. The fourth-order valence-electron chi connectivity index (χ4n) is 1.34. The molecule has 0 saturated heterocycles. The standard InChI is InChI=1S/C12H11BrN2O3S/c13-9-3-1-8(2-4-9)12-15-14-10(18-12)7-19-6-5-11(16)17/h1-4H,5-7H2,(H,16,17). The van der Waals surface area contributed by atoms with Crippen molar-refractivity contribution in [2.75, 3.05) is 5.75 Å². The molecule has 0 saturated carbocycles. The van der Waals surface area contributed by atoms with E-state index in [1.165, 1.54) is 11.8 Å². The van der Waals surface area contributed by atoms with Crippen LogP contribution in [0.25, 0.3) is 11.5 Å². The first-order valence-electron chi connectivity index (χ1n) is 5.53. The zero-order valence-electron chi connectivity index (χ0n) is 9.88. The molecule has 2 aromatic rings. The van der Waals surface area contributed by atoms with Gasteiger partial charge < -0.3 is 9.52 Å². The molecule has 0 aliphatic carbocycles. The fourth-order valence-corrected chi connectivity index (χ4v) is 2.36. The quantitative estimate of drug-likeness (QED) is 0.812. The summed E-state index contributed by atoms with van der Waals surface area (Å²) in [7, 11) is 0. The average Bonchev–Trinajstić information content (AvgIpc) is 2.84. The minimum absolute atomic E-state index is 0.137. The maximum Gasteiger partial charge on any atom is 0.304 e. The number of aliphatic carboxylic acids is 1. The lowest BCUT2D eigenvalue weighted by Gasteiger charge is -1.95. The Morgan fingerprint density at radius 1 is 1.32 bits per heavy atom. The van der Waals surface area contributed by atoms with Gasteiger partial charge in [-0.05, 0) is 24.3 Å². The second-order valence-electron chi connectivity index (χ2n) is 3.70. The van der Waals surface area contributed by atoms with E-state index < -0.39 is 5.97 Å².